The fourth-order valence-corrected chi connectivity index (χ4v) is 6.14. The van der Waals surface area contributed by atoms with Gasteiger partial charge in [0.05, 0.1) is 13.7 Å². The number of nitrogens with zero attached hydrogens (tertiary/aromatic N) is 2. The van der Waals surface area contributed by atoms with Gasteiger partial charge in [0.1, 0.15) is 0 Å². The molecule has 0 N–H and O–H groups in total. The smallest absolute Gasteiger partial charge is 0.370 e. The maximum absolute atomic E-state index is 13.4. The molecule has 1 aliphatic rings. The number of esters is 1. The van der Waals surface area contributed by atoms with E-state index in [0.29, 0.717) is 4.57 Å². The minimum absolute atomic E-state index is 0.0530. The lowest BCUT2D eigenvalue weighted by atomic mass is 9.82. The average Bonchev–Trinajstić information content (AvgIpc) is 2.94. The van der Waals surface area contributed by atoms with Crippen LogP contribution < -0.4 is 11.2 Å². The van der Waals surface area contributed by atoms with Gasteiger partial charge in [-0.25, -0.2) is 9.59 Å². The van der Waals surface area contributed by atoms with E-state index in [2.05, 4.69) is 0 Å². The first-order valence-electron chi connectivity index (χ1n) is 13.0. The number of benzene rings is 1. The normalized spacial score (nSPS) is 19.1. The number of methoxy groups -OCH3 is 1. The molecule has 214 valence electrons. The van der Waals surface area contributed by atoms with Crippen molar-refractivity contribution in [3.8, 4) is 0 Å². The molecule has 12 heteroatoms. The molecule has 0 spiro atoms. The Labute approximate surface area is 227 Å². The van der Waals surface area contributed by atoms with Crippen molar-refractivity contribution < 1.29 is 32.7 Å². The second-order valence-electron chi connectivity index (χ2n) is 9.68. The minimum Gasteiger partial charge on any atom is -0.467 e. The summed E-state index contributed by atoms with van der Waals surface area (Å²) in [5.41, 5.74) is -0.861. The molecule has 0 saturated heterocycles. The van der Waals surface area contributed by atoms with Crippen LogP contribution in [0.2, 0.25) is 0 Å². The Bertz CT molecular complexity index is 1300. The van der Waals surface area contributed by atoms with Gasteiger partial charge < -0.3 is 18.5 Å². The van der Waals surface area contributed by atoms with Gasteiger partial charge in [-0.15, -0.1) is 0 Å². The zero-order valence-electron chi connectivity index (χ0n) is 22.9. The summed E-state index contributed by atoms with van der Waals surface area (Å²) in [4.78, 5) is 51.8. The van der Waals surface area contributed by atoms with E-state index in [4.69, 9.17) is 18.5 Å². The number of ether oxygens (including phenoxy) is 2. The predicted molar refractivity (Wildman–Crippen MR) is 144 cm³/mol. The van der Waals surface area contributed by atoms with Crippen LogP contribution in [0, 0.1) is 18.8 Å². The van der Waals surface area contributed by atoms with E-state index >= 15 is 0 Å². The Balaban J connectivity index is 1.92. The van der Waals surface area contributed by atoms with Crippen molar-refractivity contribution in [3.05, 3.63) is 68.5 Å². The molecule has 0 amide bonds. The summed E-state index contributed by atoms with van der Waals surface area (Å²) in [6.45, 7) is 1.86. The van der Waals surface area contributed by atoms with E-state index in [-0.39, 0.29) is 36.1 Å². The summed E-state index contributed by atoms with van der Waals surface area (Å²) in [7, 11) is -0.433. The monoisotopic (exact) mass is 564 g/mol. The lowest BCUT2D eigenvalue weighted by Crippen LogP contribution is -2.45. The lowest BCUT2D eigenvalue weighted by Gasteiger charge is -2.31. The molecule has 1 aliphatic carbocycles. The Hall–Kier alpha value is -2.85. The molecule has 1 aromatic carbocycles. The highest BCUT2D eigenvalue weighted by atomic mass is 31.2. The molecule has 3 rings (SSSR count). The van der Waals surface area contributed by atoms with Gasteiger partial charge in [-0.3, -0.25) is 18.7 Å². The largest absolute Gasteiger partial charge is 0.467 e. The summed E-state index contributed by atoms with van der Waals surface area (Å²) in [6.07, 6.45) is 6.91. The van der Waals surface area contributed by atoms with Gasteiger partial charge in [0.15, 0.2) is 0 Å². The van der Waals surface area contributed by atoms with Crippen LogP contribution >= 0.6 is 7.60 Å². The zero-order chi connectivity index (χ0) is 28.6. The summed E-state index contributed by atoms with van der Waals surface area (Å²) >= 11 is 0. The highest BCUT2D eigenvalue weighted by molar-refractivity contribution is 7.55. The minimum atomic E-state index is -3.93. The molecule has 0 radical (unpaired) electrons. The van der Waals surface area contributed by atoms with Crippen LogP contribution in [0.5, 0.6) is 0 Å². The van der Waals surface area contributed by atoms with E-state index in [0.717, 1.165) is 45.6 Å². The van der Waals surface area contributed by atoms with Crippen molar-refractivity contribution in [2.24, 2.45) is 11.8 Å². The van der Waals surface area contributed by atoms with Crippen molar-refractivity contribution in [2.75, 3.05) is 27.9 Å². The number of carbonyl (C=O) groups is 2. The average molecular weight is 565 g/mol. The molecule has 11 nitrogen and oxygen atoms in total. The molecule has 1 fully saturated rings. The predicted octanol–water partition coefficient (Wildman–Crippen LogP) is 3.60. The van der Waals surface area contributed by atoms with Crippen LogP contribution in [0.1, 0.15) is 54.4 Å². The third kappa shape index (κ3) is 7.22. The number of aromatic nitrogens is 2. The third-order valence-corrected chi connectivity index (χ3v) is 9.17. The van der Waals surface area contributed by atoms with Crippen molar-refractivity contribution in [3.63, 3.8) is 0 Å². The number of rotatable bonds is 10. The van der Waals surface area contributed by atoms with E-state index in [9.17, 15) is 23.7 Å². The van der Waals surface area contributed by atoms with Crippen LogP contribution in [0.4, 0.5) is 0 Å². The third-order valence-electron chi connectivity index (χ3n) is 7.22. The zero-order valence-corrected chi connectivity index (χ0v) is 23.8. The molecule has 1 aromatic heterocycles. The van der Waals surface area contributed by atoms with Crippen LogP contribution in [0.3, 0.4) is 0 Å². The lowest BCUT2D eigenvalue weighted by molar-refractivity contribution is -0.150. The van der Waals surface area contributed by atoms with Crippen LogP contribution in [-0.2, 0) is 34.4 Å². The van der Waals surface area contributed by atoms with Gasteiger partial charge in [-0.2, -0.15) is 4.57 Å². The summed E-state index contributed by atoms with van der Waals surface area (Å²) in [5, 5.41) is 0. The number of aryl methyl sites for hydroxylation is 1. The van der Waals surface area contributed by atoms with E-state index in [1.165, 1.54) is 25.0 Å². The number of hydrogen-bond acceptors (Lipinski definition) is 9. The SMILES string of the molecule is COC(=O)C(OCC1CCCCCCC1Cn1cc(C)c(=O)n(C(=O)c2ccccc2)c1=O)P(=O)(OC)OC. The van der Waals surface area contributed by atoms with Crippen molar-refractivity contribution in [1.29, 1.82) is 0 Å². The van der Waals surface area contributed by atoms with Gasteiger partial charge in [0.25, 0.3) is 17.3 Å². The van der Waals surface area contributed by atoms with Gasteiger partial charge in [0.2, 0.25) is 0 Å². The van der Waals surface area contributed by atoms with Gasteiger partial charge in [0, 0.05) is 38.1 Å². The topological polar surface area (TPSA) is 132 Å². The van der Waals surface area contributed by atoms with Crippen LogP contribution in [0.25, 0.3) is 0 Å². The van der Waals surface area contributed by atoms with E-state index < -0.39 is 36.6 Å². The molecule has 1 heterocycles. The maximum Gasteiger partial charge on any atom is 0.370 e. The first-order valence-corrected chi connectivity index (χ1v) is 14.6. The number of carbonyl (C=O) groups excluding carboxylic acids is 2. The Kier molecular flexibility index (Phi) is 11.0. The molecule has 3 atom stereocenters. The molecular weight excluding hydrogens is 527 g/mol. The molecule has 2 aromatic rings. The number of hydrogen-bond donors (Lipinski definition) is 0. The molecular formula is C27H37N2O9P. The molecule has 1 saturated carbocycles. The fourth-order valence-electron chi connectivity index (χ4n) is 4.98. The highest BCUT2D eigenvalue weighted by Crippen LogP contribution is 2.52. The Morgan fingerprint density at radius 3 is 2.18 bits per heavy atom. The van der Waals surface area contributed by atoms with E-state index in [1.807, 2.05) is 0 Å². The second kappa shape index (κ2) is 14.0. The molecule has 3 unspecified atom stereocenters. The highest BCUT2D eigenvalue weighted by Gasteiger charge is 2.43. The summed E-state index contributed by atoms with van der Waals surface area (Å²) in [5.74, 6) is -3.31. The van der Waals surface area contributed by atoms with Gasteiger partial charge in [-0.05, 0) is 43.7 Å². The van der Waals surface area contributed by atoms with Crippen LogP contribution in [-0.4, -0.2) is 54.8 Å². The maximum atomic E-state index is 13.4. The van der Waals surface area contributed by atoms with Crippen LogP contribution in [0.15, 0.2) is 46.1 Å². The Morgan fingerprint density at radius 1 is 0.974 bits per heavy atom. The van der Waals surface area contributed by atoms with Crippen molar-refractivity contribution in [1.82, 2.24) is 9.13 Å². The second-order valence-corrected chi connectivity index (χ2v) is 12.0. The summed E-state index contributed by atoms with van der Waals surface area (Å²) < 4.78 is 35.7. The van der Waals surface area contributed by atoms with Crippen molar-refractivity contribution >= 4 is 19.5 Å². The molecule has 0 aliphatic heterocycles. The summed E-state index contributed by atoms with van der Waals surface area (Å²) in [6, 6.07) is 8.19. The van der Waals surface area contributed by atoms with E-state index in [1.54, 1.807) is 37.3 Å². The van der Waals surface area contributed by atoms with Gasteiger partial charge in [-0.1, -0.05) is 43.9 Å². The Morgan fingerprint density at radius 2 is 1.59 bits per heavy atom. The van der Waals surface area contributed by atoms with Gasteiger partial charge >= 0.3 is 19.3 Å². The quantitative estimate of drug-likeness (QED) is 0.314. The first kappa shape index (κ1) is 30.7. The van der Waals surface area contributed by atoms with Crippen molar-refractivity contribution in [2.45, 2.75) is 57.8 Å². The molecule has 0 bridgehead atoms. The first-order chi connectivity index (χ1) is 18.7. The molecule has 39 heavy (non-hydrogen) atoms. The fraction of sp³-hybridized carbons (Fsp3) is 0.556. The standard InChI is InChI=1S/C27H37N2O9P/c1-19-16-28(27(33)29(23(19)30)24(31)20-12-10-7-11-13-20)17-21-14-8-5-6-9-15-22(21)18-38-26(25(32)35-2)39(34,36-3)37-4/h7,10-13,16,21-22,26H,5-6,8-9,14-15,17-18H2,1-4H3.